The fraction of sp³-hybridized carbons (Fsp3) is 0.500. The van der Waals surface area contributed by atoms with E-state index in [1.807, 2.05) is 0 Å². The fourth-order valence-corrected chi connectivity index (χ4v) is 2.89. The molecule has 1 saturated heterocycles. The summed E-state index contributed by atoms with van der Waals surface area (Å²) in [4.78, 5) is 23.5. The van der Waals surface area contributed by atoms with Gasteiger partial charge in [-0.25, -0.2) is 8.78 Å². The second kappa shape index (κ2) is 7.04. The number of hydrogen-bond donors (Lipinski definition) is 2. The van der Waals surface area contributed by atoms with E-state index in [2.05, 4.69) is 5.32 Å². The summed E-state index contributed by atoms with van der Waals surface area (Å²) in [7, 11) is 0. The molecule has 2 rings (SSSR count). The minimum absolute atomic E-state index is 0.113. The van der Waals surface area contributed by atoms with E-state index in [0.29, 0.717) is 0 Å². The molecule has 1 fully saturated rings. The molecule has 0 aliphatic carbocycles. The first-order valence-corrected chi connectivity index (χ1v) is 7.41. The Bertz CT molecular complexity index is 600. The Morgan fingerprint density at radius 2 is 2.00 bits per heavy atom. The Labute approximate surface area is 132 Å². The third-order valence-electron chi connectivity index (χ3n) is 4.09. The Balaban J connectivity index is 2.31. The maximum Gasteiger partial charge on any atom is 0.305 e. The summed E-state index contributed by atoms with van der Waals surface area (Å²) in [6, 6.07) is 2.55. The molecule has 1 heterocycles. The van der Waals surface area contributed by atoms with Crippen LogP contribution in [0, 0.1) is 11.6 Å². The van der Waals surface area contributed by atoms with Crippen molar-refractivity contribution in [3.63, 3.8) is 0 Å². The molecule has 1 amide bonds. The lowest BCUT2D eigenvalue weighted by Gasteiger charge is -2.37. The zero-order chi connectivity index (χ0) is 17.0. The predicted octanol–water partition coefficient (Wildman–Crippen LogP) is 1.99. The van der Waals surface area contributed by atoms with Crippen LogP contribution in [0.25, 0.3) is 0 Å². The van der Waals surface area contributed by atoms with Crippen molar-refractivity contribution in [2.24, 2.45) is 0 Å². The van der Waals surface area contributed by atoms with Crippen molar-refractivity contribution in [3.8, 4) is 0 Å². The van der Waals surface area contributed by atoms with Crippen LogP contribution >= 0.6 is 0 Å². The number of hydrogen-bond acceptors (Lipinski definition) is 3. The molecule has 2 N–H and O–H groups in total. The van der Waals surface area contributed by atoms with Crippen molar-refractivity contribution in [1.29, 1.82) is 0 Å². The van der Waals surface area contributed by atoms with E-state index in [4.69, 9.17) is 9.84 Å². The number of carbonyl (C=O) groups is 2. The van der Waals surface area contributed by atoms with Crippen LogP contribution in [0.1, 0.15) is 31.7 Å². The maximum atomic E-state index is 14.2. The van der Waals surface area contributed by atoms with Crippen molar-refractivity contribution < 1.29 is 28.2 Å². The molecular weight excluding hydrogens is 308 g/mol. The zero-order valence-electron chi connectivity index (χ0n) is 12.8. The number of halogens is 2. The summed E-state index contributed by atoms with van der Waals surface area (Å²) < 4.78 is 32.7. The molecule has 1 aromatic rings. The first-order chi connectivity index (χ1) is 10.8. The predicted molar refractivity (Wildman–Crippen MR) is 77.9 cm³/mol. The number of carboxylic acids is 1. The van der Waals surface area contributed by atoms with Gasteiger partial charge in [0.1, 0.15) is 11.6 Å². The largest absolute Gasteiger partial charge is 0.481 e. The van der Waals surface area contributed by atoms with E-state index >= 15 is 0 Å². The average Bonchev–Trinajstić information content (AvgIpc) is 2.46. The Hall–Kier alpha value is -2.02. The quantitative estimate of drug-likeness (QED) is 0.867. The molecule has 1 unspecified atom stereocenters. The molecule has 0 saturated carbocycles. The van der Waals surface area contributed by atoms with Crippen LogP contribution in [0.5, 0.6) is 0 Å². The number of carboxylic acid groups (broad SMARTS) is 1. The van der Waals surface area contributed by atoms with Gasteiger partial charge in [0.25, 0.3) is 0 Å². The van der Waals surface area contributed by atoms with Crippen molar-refractivity contribution in [2.75, 3.05) is 13.2 Å². The Morgan fingerprint density at radius 1 is 1.35 bits per heavy atom. The third kappa shape index (κ3) is 3.85. The SMILES string of the molecule is CC(CC(=O)O)NC(=O)C1(c2ccc(F)cc2F)CCOCC1. The number of aliphatic carboxylic acids is 1. The van der Waals surface area contributed by atoms with Gasteiger partial charge in [0.2, 0.25) is 5.91 Å². The number of nitrogens with one attached hydrogen (secondary N) is 1. The summed E-state index contributed by atoms with van der Waals surface area (Å²) in [5.74, 6) is -2.99. The van der Waals surface area contributed by atoms with Crippen LogP contribution in [0.3, 0.4) is 0 Å². The molecule has 0 bridgehead atoms. The third-order valence-corrected chi connectivity index (χ3v) is 4.09. The van der Waals surface area contributed by atoms with Crippen LogP contribution in [-0.2, 0) is 19.7 Å². The van der Waals surface area contributed by atoms with Gasteiger partial charge in [-0.15, -0.1) is 0 Å². The maximum absolute atomic E-state index is 14.2. The molecule has 1 atom stereocenters. The van der Waals surface area contributed by atoms with Gasteiger partial charge < -0.3 is 15.2 Å². The highest BCUT2D eigenvalue weighted by molar-refractivity contribution is 5.89. The normalized spacial score (nSPS) is 18.2. The van der Waals surface area contributed by atoms with Gasteiger partial charge >= 0.3 is 5.97 Å². The molecule has 7 heteroatoms. The minimum Gasteiger partial charge on any atom is -0.481 e. The summed E-state index contributed by atoms with van der Waals surface area (Å²) in [5.41, 5.74) is -1.06. The van der Waals surface area contributed by atoms with E-state index in [1.165, 1.54) is 6.07 Å². The average molecular weight is 327 g/mol. The molecule has 1 aliphatic heterocycles. The van der Waals surface area contributed by atoms with E-state index < -0.39 is 35.0 Å². The number of amides is 1. The first-order valence-electron chi connectivity index (χ1n) is 7.41. The monoisotopic (exact) mass is 327 g/mol. The van der Waals surface area contributed by atoms with Gasteiger partial charge in [-0.2, -0.15) is 0 Å². The molecule has 23 heavy (non-hydrogen) atoms. The lowest BCUT2D eigenvalue weighted by molar-refractivity contribution is -0.138. The molecule has 1 aliphatic rings. The van der Waals surface area contributed by atoms with E-state index in [0.717, 1.165) is 12.1 Å². The summed E-state index contributed by atoms with van der Waals surface area (Å²) in [6.07, 6.45) is 0.270. The second-order valence-electron chi connectivity index (χ2n) is 5.79. The molecule has 0 radical (unpaired) electrons. The highest BCUT2D eigenvalue weighted by Crippen LogP contribution is 2.37. The van der Waals surface area contributed by atoms with Crippen LogP contribution < -0.4 is 5.32 Å². The summed E-state index contributed by atoms with van der Waals surface area (Å²) >= 11 is 0. The van der Waals surface area contributed by atoms with E-state index in [1.54, 1.807) is 6.92 Å². The first kappa shape index (κ1) is 17.3. The highest BCUT2D eigenvalue weighted by Gasteiger charge is 2.44. The van der Waals surface area contributed by atoms with Crippen LogP contribution in [0.15, 0.2) is 18.2 Å². The van der Waals surface area contributed by atoms with Crippen molar-refractivity contribution in [1.82, 2.24) is 5.32 Å². The van der Waals surface area contributed by atoms with Crippen molar-refractivity contribution in [2.45, 2.75) is 37.6 Å². The van der Waals surface area contributed by atoms with Gasteiger partial charge in [-0.05, 0) is 25.8 Å². The molecule has 0 spiro atoms. The van der Waals surface area contributed by atoms with Gasteiger partial charge in [-0.3, -0.25) is 9.59 Å². The fourth-order valence-electron chi connectivity index (χ4n) is 2.89. The molecule has 0 aromatic heterocycles. The van der Waals surface area contributed by atoms with Gasteiger partial charge in [0, 0.05) is 30.9 Å². The van der Waals surface area contributed by atoms with Gasteiger partial charge in [-0.1, -0.05) is 6.07 Å². The Kier molecular flexibility index (Phi) is 5.30. The lowest BCUT2D eigenvalue weighted by atomic mass is 9.73. The smallest absolute Gasteiger partial charge is 0.305 e. The Morgan fingerprint density at radius 3 is 2.57 bits per heavy atom. The van der Waals surface area contributed by atoms with E-state index in [9.17, 15) is 18.4 Å². The molecule has 1 aromatic carbocycles. The zero-order valence-corrected chi connectivity index (χ0v) is 12.8. The van der Waals surface area contributed by atoms with Crippen LogP contribution in [0.2, 0.25) is 0 Å². The van der Waals surface area contributed by atoms with E-state index in [-0.39, 0.29) is 38.0 Å². The molecule has 126 valence electrons. The molecule has 5 nitrogen and oxygen atoms in total. The van der Waals surface area contributed by atoms with Crippen LogP contribution in [-0.4, -0.2) is 36.2 Å². The van der Waals surface area contributed by atoms with Crippen molar-refractivity contribution >= 4 is 11.9 Å². The summed E-state index contributed by atoms with van der Waals surface area (Å²) in [5, 5.41) is 11.4. The number of ether oxygens (including phenoxy) is 1. The number of rotatable bonds is 5. The van der Waals surface area contributed by atoms with Gasteiger partial charge in [0.05, 0.1) is 11.8 Å². The highest BCUT2D eigenvalue weighted by atomic mass is 19.1. The standard InChI is InChI=1S/C16H19F2NO4/c1-10(8-14(20)21)19-15(22)16(4-6-23-7-5-16)12-3-2-11(17)9-13(12)18/h2-3,9-10H,4-8H2,1H3,(H,19,22)(H,20,21). The van der Waals surface area contributed by atoms with Crippen LogP contribution in [0.4, 0.5) is 8.78 Å². The second-order valence-corrected chi connectivity index (χ2v) is 5.79. The topological polar surface area (TPSA) is 75.6 Å². The minimum atomic E-state index is -1.18. The number of carbonyl (C=O) groups excluding carboxylic acids is 1. The summed E-state index contributed by atoms with van der Waals surface area (Å²) in [6.45, 7) is 2.12. The number of benzene rings is 1. The molecular formula is C16H19F2NO4. The lowest BCUT2D eigenvalue weighted by Crippen LogP contribution is -2.51. The van der Waals surface area contributed by atoms with Gasteiger partial charge in [0.15, 0.2) is 0 Å². The van der Waals surface area contributed by atoms with Crippen molar-refractivity contribution in [3.05, 3.63) is 35.4 Å².